The Morgan fingerprint density at radius 3 is 2.00 bits per heavy atom. The van der Waals surface area contributed by atoms with Crippen LogP contribution >= 0.6 is 15.9 Å². The molecule has 0 aliphatic heterocycles. The molecule has 0 fully saturated rings. The van der Waals surface area contributed by atoms with Gasteiger partial charge in [-0.3, -0.25) is 0 Å². The fourth-order valence-electron chi connectivity index (χ4n) is 0.138. The lowest BCUT2D eigenvalue weighted by atomic mass is 10.4. The second-order valence-corrected chi connectivity index (χ2v) is 2.61. The largest absolute Gasteiger partial charge is 0.306 e. The van der Waals surface area contributed by atoms with Gasteiger partial charge < -0.3 is 4.90 Å². The van der Waals surface area contributed by atoms with E-state index < -0.39 is 0 Å². The van der Waals surface area contributed by atoms with Crippen LogP contribution in [0.5, 0.6) is 0 Å². The molecule has 0 N–H and O–H groups in total. The van der Waals surface area contributed by atoms with E-state index in [0.29, 0.717) is 6.04 Å². The normalized spacial score (nSPS) is 15.0. The van der Waals surface area contributed by atoms with Crippen LogP contribution in [-0.4, -0.2) is 30.4 Å². The van der Waals surface area contributed by atoms with Crippen molar-refractivity contribution in [1.29, 1.82) is 0 Å². The maximum absolute atomic E-state index is 3.37. The highest BCUT2D eigenvalue weighted by Gasteiger charge is 1.98. The minimum absolute atomic E-state index is 0.653. The fraction of sp³-hybridized carbons (Fsp3) is 1.00. The lowest BCUT2D eigenvalue weighted by molar-refractivity contribution is 0.341. The summed E-state index contributed by atoms with van der Waals surface area (Å²) in [6, 6.07) is 0.653. The second kappa shape index (κ2) is 3.44. The van der Waals surface area contributed by atoms with E-state index in [1.165, 1.54) is 0 Å². The molecular formula is C5H12BrN. The molecule has 0 aliphatic carbocycles. The molecule has 0 saturated carbocycles. The molecule has 0 aromatic carbocycles. The zero-order valence-electron chi connectivity index (χ0n) is 5.11. The van der Waals surface area contributed by atoms with Gasteiger partial charge in [0.1, 0.15) is 0 Å². The first-order valence-electron chi connectivity index (χ1n) is 2.41. The zero-order valence-corrected chi connectivity index (χ0v) is 6.70. The second-order valence-electron chi connectivity index (χ2n) is 1.97. The Hall–Kier alpha value is 0.440. The summed E-state index contributed by atoms with van der Waals surface area (Å²) in [6.45, 7) is 2.18. The van der Waals surface area contributed by atoms with Crippen LogP contribution in [0.1, 0.15) is 6.92 Å². The van der Waals surface area contributed by atoms with Gasteiger partial charge in [0, 0.05) is 11.4 Å². The predicted octanol–water partition coefficient (Wildman–Crippen LogP) is 1.33. The molecule has 0 amide bonds. The smallest absolute Gasteiger partial charge is 0.0185 e. The van der Waals surface area contributed by atoms with Gasteiger partial charge in [-0.2, -0.15) is 0 Å². The summed E-state index contributed by atoms with van der Waals surface area (Å²) in [4.78, 5) is 2.18. The van der Waals surface area contributed by atoms with Crippen molar-refractivity contribution < 1.29 is 0 Å². The Balaban J connectivity index is 3.14. The summed E-state index contributed by atoms with van der Waals surface area (Å²) in [5.74, 6) is 0. The van der Waals surface area contributed by atoms with Gasteiger partial charge in [-0.05, 0) is 21.0 Å². The van der Waals surface area contributed by atoms with E-state index in [-0.39, 0.29) is 0 Å². The Morgan fingerprint density at radius 1 is 1.57 bits per heavy atom. The molecule has 0 spiro atoms. The maximum Gasteiger partial charge on any atom is 0.0185 e. The third kappa shape index (κ3) is 3.06. The molecule has 7 heavy (non-hydrogen) atoms. The van der Waals surface area contributed by atoms with Crippen LogP contribution in [0.2, 0.25) is 0 Å². The quantitative estimate of drug-likeness (QED) is 0.559. The number of nitrogens with zero attached hydrogens (tertiary/aromatic N) is 1. The number of halogens is 1. The van der Waals surface area contributed by atoms with Gasteiger partial charge in [0.15, 0.2) is 0 Å². The minimum Gasteiger partial charge on any atom is -0.306 e. The van der Waals surface area contributed by atoms with E-state index in [9.17, 15) is 0 Å². The van der Waals surface area contributed by atoms with Crippen LogP contribution in [0.3, 0.4) is 0 Å². The van der Waals surface area contributed by atoms with Gasteiger partial charge in [0.05, 0.1) is 0 Å². The average Bonchev–Trinajstić information content (AvgIpc) is 1.65. The highest BCUT2D eigenvalue weighted by Crippen LogP contribution is 1.94. The van der Waals surface area contributed by atoms with Crippen LogP contribution in [0.15, 0.2) is 0 Å². The number of alkyl halides is 1. The molecule has 0 radical (unpaired) electrons. The molecule has 0 aliphatic rings. The van der Waals surface area contributed by atoms with Crippen molar-refractivity contribution in [2.45, 2.75) is 13.0 Å². The standard InChI is InChI=1S/C5H12BrN/c1-5(4-6)7(2)3/h5H,4H2,1-3H3. The van der Waals surface area contributed by atoms with Gasteiger partial charge in [-0.15, -0.1) is 0 Å². The summed E-state index contributed by atoms with van der Waals surface area (Å²) in [7, 11) is 4.15. The molecule has 0 aromatic rings. The lowest BCUT2D eigenvalue weighted by Gasteiger charge is -2.15. The molecule has 44 valence electrons. The first-order chi connectivity index (χ1) is 3.18. The topological polar surface area (TPSA) is 3.24 Å². The lowest BCUT2D eigenvalue weighted by Crippen LogP contribution is -2.25. The van der Waals surface area contributed by atoms with Gasteiger partial charge >= 0.3 is 0 Å². The number of hydrogen-bond donors (Lipinski definition) is 0. The van der Waals surface area contributed by atoms with E-state index in [2.05, 4.69) is 41.8 Å². The van der Waals surface area contributed by atoms with Crippen LogP contribution in [-0.2, 0) is 0 Å². The van der Waals surface area contributed by atoms with E-state index in [1.54, 1.807) is 0 Å². The van der Waals surface area contributed by atoms with Crippen LogP contribution in [0.4, 0.5) is 0 Å². The molecule has 1 unspecified atom stereocenters. The van der Waals surface area contributed by atoms with Crippen LogP contribution in [0, 0.1) is 0 Å². The Bertz CT molecular complexity index is 45.3. The molecule has 0 heterocycles. The van der Waals surface area contributed by atoms with E-state index in [0.717, 1.165) is 5.33 Å². The first-order valence-corrected chi connectivity index (χ1v) is 3.53. The third-order valence-corrected chi connectivity index (χ3v) is 2.04. The first kappa shape index (κ1) is 7.44. The SMILES string of the molecule is CC(CBr)N(C)C. The summed E-state index contributed by atoms with van der Waals surface area (Å²) in [5.41, 5.74) is 0. The van der Waals surface area contributed by atoms with Gasteiger partial charge in [0.25, 0.3) is 0 Å². The number of rotatable bonds is 2. The van der Waals surface area contributed by atoms with Gasteiger partial charge in [-0.25, -0.2) is 0 Å². The average molecular weight is 166 g/mol. The molecule has 0 bridgehead atoms. The Morgan fingerprint density at radius 2 is 2.00 bits per heavy atom. The van der Waals surface area contributed by atoms with Crippen molar-refractivity contribution in [2.75, 3.05) is 19.4 Å². The fourth-order valence-corrected chi connectivity index (χ4v) is 0.717. The highest BCUT2D eigenvalue weighted by molar-refractivity contribution is 9.09. The van der Waals surface area contributed by atoms with Gasteiger partial charge in [-0.1, -0.05) is 15.9 Å². The summed E-state index contributed by atoms with van der Waals surface area (Å²) in [6.07, 6.45) is 0. The van der Waals surface area contributed by atoms with E-state index >= 15 is 0 Å². The Labute approximate surface area is 53.8 Å². The molecule has 0 aromatic heterocycles. The predicted molar refractivity (Wildman–Crippen MR) is 36.9 cm³/mol. The van der Waals surface area contributed by atoms with Crippen molar-refractivity contribution in [3.63, 3.8) is 0 Å². The molecule has 0 saturated heterocycles. The highest BCUT2D eigenvalue weighted by atomic mass is 79.9. The summed E-state index contributed by atoms with van der Waals surface area (Å²) < 4.78 is 0. The Kier molecular flexibility index (Phi) is 3.66. The van der Waals surface area contributed by atoms with Crippen molar-refractivity contribution >= 4 is 15.9 Å². The zero-order chi connectivity index (χ0) is 5.86. The van der Waals surface area contributed by atoms with E-state index in [4.69, 9.17) is 0 Å². The van der Waals surface area contributed by atoms with Crippen molar-refractivity contribution in [3.8, 4) is 0 Å². The van der Waals surface area contributed by atoms with Crippen molar-refractivity contribution in [2.24, 2.45) is 0 Å². The number of hydrogen-bond acceptors (Lipinski definition) is 1. The van der Waals surface area contributed by atoms with Crippen LogP contribution < -0.4 is 0 Å². The maximum atomic E-state index is 3.37. The monoisotopic (exact) mass is 165 g/mol. The van der Waals surface area contributed by atoms with Crippen LogP contribution in [0.25, 0.3) is 0 Å². The van der Waals surface area contributed by atoms with E-state index in [1.807, 2.05) is 0 Å². The molecule has 0 rings (SSSR count). The minimum atomic E-state index is 0.653. The third-order valence-electron chi connectivity index (χ3n) is 1.10. The summed E-state index contributed by atoms with van der Waals surface area (Å²) in [5, 5.41) is 1.06. The molecular weight excluding hydrogens is 154 g/mol. The van der Waals surface area contributed by atoms with Crippen molar-refractivity contribution in [3.05, 3.63) is 0 Å². The molecule has 1 atom stereocenters. The molecule has 2 heteroatoms. The van der Waals surface area contributed by atoms with Gasteiger partial charge in [0.2, 0.25) is 0 Å². The molecule has 1 nitrogen and oxygen atoms in total. The van der Waals surface area contributed by atoms with Crippen molar-refractivity contribution in [1.82, 2.24) is 4.90 Å². The summed E-state index contributed by atoms with van der Waals surface area (Å²) >= 11 is 3.37.